The third-order valence-electron chi connectivity index (χ3n) is 4.18. The van der Waals surface area contributed by atoms with Gasteiger partial charge in [0.05, 0.1) is 0 Å². The molecule has 2 N–H and O–H groups in total. The number of nitrogens with one attached hydrogen (secondary N) is 2. The van der Waals surface area contributed by atoms with Crippen molar-refractivity contribution in [2.24, 2.45) is 5.10 Å². The number of ether oxygens (including phenoxy) is 2. The van der Waals surface area contributed by atoms with Crippen LogP contribution in [0, 0.1) is 0 Å². The molecule has 1 aliphatic rings. The molecule has 6 nitrogen and oxygen atoms in total. The second-order valence-electron chi connectivity index (χ2n) is 6.56. The highest BCUT2D eigenvalue weighted by Crippen LogP contribution is 2.39. The van der Waals surface area contributed by atoms with E-state index in [0.717, 1.165) is 12.1 Å². The van der Waals surface area contributed by atoms with Gasteiger partial charge in [-0.25, -0.2) is 10.2 Å². The highest BCUT2D eigenvalue weighted by atomic mass is 35.5. The van der Waals surface area contributed by atoms with E-state index >= 15 is 0 Å². The van der Waals surface area contributed by atoms with E-state index in [1.54, 1.807) is 31.2 Å². The summed E-state index contributed by atoms with van der Waals surface area (Å²) in [5.74, 6) is 0.139. The van der Waals surface area contributed by atoms with Crippen LogP contribution in [0.3, 0.4) is 0 Å². The first-order valence-corrected chi connectivity index (χ1v) is 9.08. The Morgan fingerprint density at radius 3 is 2.63 bits per heavy atom. The summed E-state index contributed by atoms with van der Waals surface area (Å²) in [5, 5.41) is 7.17. The van der Waals surface area contributed by atoms with Crippen LogP contribution in [0.15, 0.2) is 60.2 Å². The zero-order valence-corrected chi connectivity index (χ0v) is 16.5. The van der Waals surface area contributed by atoms with E-state index in [9.17, 15) is 18.0 Å². The van der Waals surface area contributed by atoms with Crippen LogP contribution in [0.4, 0.5) is 23.7 Å². The Balaban J connectivity index is 1.72. The molecule has 1 aliphatic heterocycles. The van der Waals surface area contributed by atoms with E-state index in [2.05, 4.69) is 27.2 Å². The standard InChI is InChI=1S/C20H17ClF3N3O3/c1-3-10-19(2)17(15-9-4-12(21)11-16(15)30-19)26-27-18(28)25-13-5-7-14(8-6-13)29-20(22,23)24/h3-9,11H,1,10H2,2H3,(H2,25,27,28). The van der Waals surface area contributed by atoms with Gasteiger partial charge in [-0.2, -0.15) is 5.10 Å². The first kappa shape index (κ1) is 21.5. The molecule has 0 aliphatic carbocycles. The summed E-state index contributed by atoms with van der Waals surface area (Å²) in [7, 11) is 0. The van der Waals surface area contributed by atoms with E-state index in [-0.39, 0.29) is 5.69 Å². The number of rotatable bonds is 5. The minimum Gasteiger partial charge on any atom is -0.480 e. The van der Waals surface area contributed by atoms with Gasteiger partial charge in [0.2, 0.25) is 0 Å². The fourth-order valence-electron chi connectivity index (χ4n) is 2.95. The lowest BCUT2D eigenvalue weighted by atomic mass is 9.93. The average molecular weight is 440 g/mol. The largest absolute Gasteiger partial charge is 0.573 e. The van der Waals surface area contributed by atoms with E-state index < -0.39 is 23.7 Å². The number of anilines is 1. The van der Waals surface area contributed by atoms with Gasteiger partial charge >= 0.3 is 12.4 Å². The maximum absolute atomic E-state index is 12.2. The predicted molar refractivity (Wildman–Crippen MR) is 107 cm³/mol. The number of hydrogen-bond acceptors (Lipinski definition) is 4. The van der Waals surface area contributed by atoms with Gasteiger partial charge in [-0.1, -0.05) is 17.7 Å². The molecule has 30 heavy (non-hydrogen) atoms. The maximum atomic E-state index is 12.2. The van der Waals surface area contributed by atoms with Gasteiger partial charge in [0.1, 0.15) is 17.2 Å². The Bertz CT molecular complexity index is 993. The van der Waals surface area contributed by atoms with Crippen molar-refractivity contribution in [3.8, 4) is 11.5 Å². The molecule has 0 saturated heterocycles. The zero-order chi connectivity index (χ0) is 21.9. The Labute approximate surface area is 175 Å². The average Bonchev–Trinajstić information content (AvgIpc) is 2.91. The number of alkyl halides is 3. The number of carbonyl (C=O) groups is 1. The van der Waals surface area contributed by atoms with Crippen molar-refractivity contribution in [3.05, 3.63) is 65.7 Å². The number of fused-ring (bicyclic) bond motifs is 1. The highest BCUT2D eigenvalue weighted by Gasteiger charge is 2.41. The van der Waals surface area contributed by atoms with Gasteiger partial charge < -0.3 is 14.8 Å². The third-order valence-corrected chi connectivity index (χ3v) is 4.42. The SMILES string of the molecule is C=CCC1(C)Oc2cc(Cl)ccc2C1=NNC(=O)Nc1ccc(OC(F)(F)F)cc1. The molecule has 0 radical (unpaired) electrons. The highest BCUT2D eigenvalue weighted by molar-refractivity contribution is 6.31. The molecule has 2 aromatic rings. The minimum atomic E-state index is -4.79. The molecule has 2 aromatic carbocycles. The van der Waals surface area contributed by atoms with E-state index in [0.29, 0.717) is 28.5 Å². The number of halogens is 4. The third kappa shape index (κ3) is 5.04. The van der Waals surface area contributed by atoms with Gasteiger partial charge in [-0.15, -0.1) is 19.8 Å². The number of carbonyl (C=O) groups excluding carboxylic acids is 1. The molecule has 1 unspecified atom stereocenters. The molecule has 1 atom stereocenters. The summed E-state index contributed by atoms with van der Waals surface area (Å²) < 4.78 is 46.4. The Hall–Kier alpha value is -3.20. The van der Waals surface area contributed by atoms with Crippen molar-refractivity contribution in [1.29, 1.82) is 0 Å². The second-order valence-corrected chi connectivity index (χ2v) is 7.00. The zero-order valence-electron chi connectivity index (χ0n) is 15.7. The number of hydrazone groups is 1. The van der Waals surface area contributed by atoms with E-state index in [1.807, 2.05) is 0 Å². The van der Waals surface area contributed by atoms with Crippen molar-refractivity contribution in [2.75, 3.05) is 5.32 Å². The Morgan fingerprint density at radius 1 is 1.30 bits per heavy atom. The normalized spacial score (nSPS) is 19.0. The topological polar surface area (TPSA) is 72.0 Å². The van der Waals surface area contributed by atoms with Crippen LogP contribution in [-0.4, -0.2) is 23.7 Å². The van der Waals surface area contributed by atoms with Crippen molar-refractivity contribution < 1.29 is 27.4 Å². The lowest BCUT2D eigenvalue weighted by Gasteiger charge is -2.23. The van der Waals surface area contributed by atoms with Crippen LogP contribution in [0.5, 0.6) is 11.5 Å². The van der Waals surface area contributed by atoms with Crippen LogP contribution >= 0.6 is 11.6 Å². The summed E-state index contributed by atoms with van der Waals surface area (Å²) in [5.41, 5.74) is 2.94. The molecule has 0 aromatic heterocycles. The summed E-state index contributed by atoms with van der Waals surface area (Å²) in [6, 6.07) is 9.10. The monoisotopic (exact) mass is 439 g/mol. The first-order valence-electron chi connectivity index (χ1n) is 8.70. The quantitative estimate of drug-likeness (QED) is 0.478. The van der Waals surface area contributed by atoms with Crippen molar-refractivity contribution >= 4 is 29.0 Å². The predicted octanol–water partition coefficient (Wildman–Crippen LogP) is 5.49. The fraction of sp³-hybridized carbons (Fsp3) is 0.200. The lowest BCUT2D eigenvalue weighted by Crippen LogP contribution is -2.38. The molecule has 0 spiro atoms. The molecule has 2 amide bonds. The molecule has 10 heteroatoms. The smallest absolute Gasteiger partial charge is 0.480 e. The van der Waals surface area contributed by atoms with Crippen molar-refractivity contribution in [2.45, 2.75) is 25.3 Å². The van der Waals surface area contributed by atoms with Gasteiger partial charge in [0.15, 0.2) is 5.60 Å². The number of nitrogens with zero attached hydrogens (tertiary/aromatic N) is 1. The van der Waals surface area contributed by atoms with Gasteiger partial charge in [0, 0.05) is 22.7 Å². The first-order chi connectivity index (χ1) is 14.1. The van der Waals surface area contributed by atoms with Gasteiger partial charge in [0.25, 0.3) is 0 Å². The number of hydrogen-bond donors (Lipinski definition) is 2. The summed E-state index contributed by atoms with van der Waals surface area (Å²) in [6.45, 7) is 5.53. The van der Waals surface area contributed by atoms with Crippen LogP contribution in [0.2, 0.25) is 5.02 Å². The van der Waals surface area contributed by atoms with Crippen molar-refractivity contribution in [3.63, 3.8) is 0 Å². The molecule has 3 rings (SSSR count). The Kier molecular flexibility index (Phi) is 5.93. The molecule has 1 heterocycles. The summed E-state index contributed by atoms with van der Waals surface area (Å²) in [4.78, 5) is 12.2. The molecule has 158 valence electrons. The molecule has 0 saturated carbocycles. The Morgan fingerprint density at radius 2 is 2.00 bits per heavy atom. The van der Waals surface area contributed by atoms with Gasteiger partial charge in [-0.05, 0) is 49.4 Å². The van der Waals surface area contributed by atoms with E-state index in [4.69, 9.17) is 16.3 Å². The van der Waals surface area contributed by atoms with Crippen LogP contribution in [0.1, 0.15) is 18.9 Å². The molecular formula is C20H17ClF3N3O3. The second kappa shape index (κ2) is 8.27. The number of amides is 2. The van der Waals surface area contributed by atoms with E-state index in [1.165, 1.54) is 12.1 Å². The fourth-order valence-corrected chi connectivity index (χ4v) is 3.11. The maximum Gasteiger partial charge on any atom is 0.573 e. The van der Waals surface area contributed by atoms with Crippen LogP contribution in [0.25, 0.3) is 0 Å². The van der Waals surface area contributed by atoms with Gasteiger partial charge in [-0.3, -0.25) is 0 Å². The molecule has 0 bridgehead atoms. The molecular weight excluding hydrogens is 423 g/mol. The summed E-state index contributed by atoms with van der Waals surface area (Å²) >= 11 is 6.01. The summed E-state index contributed by atoms with van der Waals surface area (Å²) in [6.07, 6.45) is -2.68. The number of urea groups is 1. The minimum absolute atomic E-state index is 0.255. The lowest BCUT2D eigenvalue weighted by molar-refractivity contribution is -0.274. The van der Waals surface area contributed by atoms with Crippen LogP contribution in [-0.2, 0) is 0 Å². The molecule has 0 fully saturated rings. The van der Waals surface area contributed by atoms with Crippen molar-refractivity contribution in [1.82, 2.24) is 5.43 Å². The number of benzene rings is 2. The van der Waals surface area contributed by atoms with Crippen LogP contribution < -0.4 is 20.2 Å².